The molecule has 2 aromatic rings. The number of halogens is 2. The van der Waals surface area contributed by atoms with E-state index in [2.05, 4.69) is 16.8 Å². The lowest BCUT2D eigenvalue weighted by Gasteiger charge is -2.36. The summed E-state index contributed by atoms with van der Waals surface area (Å²) in [6.45, 7) is 3.72. The summed E-state index contributed by atoms with van der Waals surface area (Å²) in [7, 11) is 1.53. The molecular formula is C24H29ClFN3O4. The Labute approximate surface area is 198 Å². The van der Waals surface area contributed by atoms with E-state index in [0.29, 0.717) is 41.2 Å². The molecule has 0 bridgehead atoms. The molecule has 4 rings (SSSR count). The molecule has 0 spiro atoms. The van der Waals surface area contributed by atoms with Crippen molar-refractivity contribution in [2.75, 3.05) is 36.5 Å². The lowest BCUT2D eigenvalue weighted by Crippen LogP contribution is -2.47. The van der Waals surface area contributed by atoms with Crippen molar-refractivity contribution in [1.29, 1.82) is 0 Å². The maximum Gasteiger partial charge on any atom is 0.305 e. The SMILES string of the molecule is COc1cc(N2CCC(Oc3ccc(N4C[C@H](C)C[C@@H]4CC(=O)O)cc3)C(F)C2)c(Cl)cn1. The lowest BCUT2D eigenvalue weighted by atomic mass is 10.0. The molecule has 178 valence electrons. The molecule has 2 unspecified atom stereocenters. The van der Waals surface area contributed by atoms with Gasteiger partial charge in [-0.05, 0) is 36.6 Å². The molecule has 4 atom stereocenters. The van der Waals surface area contributed by atoms with Gasteiger partial charge in [0.1, 0.15) is 11.9 Å². The number of pyridine rings is 1. The van der Waals surface area contributed by atoms with Gasteiger partial charge in [-0.15, -0.1) is 0 Å². The van der Waals surface area contributed by atoms with E-state index in [1.807, 2.05) is 29.2 Å². The number of alkyl halides is 1. The van der Waals surface area contributed by atoms with E-state index in [-0.39, 0.29) is 19.0 Å². The number of aliphatic carboxylic acids is 1. The van der Waals surface area contributed by atoms with Gasteiger partial charge in [-0.25, -0.2) is 9.37 Å². The molecule has 7 nitrogen and oxygen atoms in total. The van der Waals surface area contributed by atoms with Crippen LogP contribution in [-0.4, -0.2) is 61.1 Å². The summed E-state index contributed by atoms with van der Waals surface area (Å²) in [6, 6.07) is 9.22. The highest BCUT2D eigenvalue weighted by atomic mass is 35.5. The predicted octanol–water partition coefficient (Wildman–Crippen LogP) is 4.43. The van der Waals surface area contributed by atoms with Crippen LogP contribution >= 0.6 is 11.6 Å². The standard InChI is InChI=1S/C24H29ClFN3O4/c1-15-9-17(10-24(30)31)29(13-15)16-3-5-18(6-4-16)33-22-7-8-28(14-20(22)26)21-11-23(32-2)27-12-19(21)25/h3-6,11-12,15,17,20,22H,7-10,13-14H2,1-2H3,(H,30,31)/t15-,17-,20?,22?/m1/s1. The summed E-state index contributed by atoms with van der Waals surface area (Å²) in [6.07, 6.45) is 1.26. The van der Waals surface area contributed by atoms with E-state index in [9.17, 15) is 9.90 Å². The van der Waals surface area contributed by atoms with Crippen LogP contribution in [-0.2, 0) is 4.79 Å². The summed E-state index contributed by atoms with van der Waals surface area (Å²) in [5.74, 6) is 0.689. The second-order valence-corrected chi connectivity index (χ2v) is 9.23. The highest BCUT2D eigenvalue weighted by molar-refractivity contribution is 6.33. The van der Waals surface area contributed by atoms with Crippen molar-refractivity contribution in [2.45, 2.75) is 44.5 Å². The molecule has 1 aromatic carbocycles. The Morgan fingerprint density at radius 3 is 2.73 bits per heavy atom. The normalized spacial score (nSPS) is 25.2. The highest BCUT2D eigenvalue weighted by Gasteiger charge is 2.33. The molecule has 33 heavy (non-hydrogen) atoms. The third-order valence-corrected chi connectivity index (χ3v) is 6.62. The van der Waals surface area contributed by atoms with Gasteiger partial charge in [-0.1, -0.05) is 18.5 Å². The van der Waals surface area contributed by atoms with Crippen molar-refractivity contribution in [2.24, 2.45) is 5.92 Å². The molecule has 0 radical (unpaired) electrons. The van der Waals surface area contributed by atoms with Crippen LogP contribution in [0.25, 0.3) is 0 Å². The van der Waals surface area contributed by atoms with Crippen molar-refractivity contribution < 1.29 is 23.8 Å². The second-order valence-electron chi connectivity index (χ2n) is 8.82. The van der Waals surface area contributed by atoms with Crippen LogP contribution in [0.4, 0.5) is 15.8 Å². The first-order valence-electron chi connectivity index (χ1n) is 11.2. The van der Waals surface area contributed by atoms with Crippen molar-refractivity contribution >= 4 is 28.9 Å². The fourth-order valence-corrected chi connectivity index (χ4v) is 4.97. The zero-order chi connectivity index (χ0) is 23.5. The van der Waals surface area contributed by atoms with E-state index in [0.717, 1.165) is 18.7 Å². The van der Waals surface area contributed by atoms with E-state index in [4.69, 9.17) is 21.1 Å². The van der Waals surface area contributed by atoms with Crippen LogP contribution in [0.1, 0.15) is 26.2 Å². The third-order valence-electron chi connectivity index (χ3n) is 6.33. The molecule has 2 aliphatic heterocycles. The minimum Gasteiger partial charge on any atom is -0.487 e. The van der Waals surface area contributed by atoms with Crippen molar-refractivity contribution in [1.82, 2.24) is 4.98 Å². The first-order valence-corrected chi connectivity index (χ1v) is 11.6. The Morgan fingerprint density at radius 2 is 2.06 bits per heavy atom. The van der Waals surface area contributed by atoms with Gasteiger partial charge in [-0.2, -0.15) is 0 Å². The Hall–Kier alpha value is -2.74. The average Bonchev–Trinajstić information content (AvgIpc) is 3.15. The van der Waals surface area contributed by atoms with Gasteiger partial charge in [-0.3, -0.25) is 4.79 Å². The Bertz CT molecular complexity index is 977. The number of piperidine rings is 1. The Balaban J connectivity index is 1.38. The van der Waals surface area contributed by atoms with E-state index >= 15 is 4.39 Å². The number of carboxylic acid groups (broad SMARTS) is 1. The zero-order valence-corrected chi connectivity index (χ0v) is 19.5. The number of anilines is 2. The number of hydrogen-bond donors (Lipinski definition) is 1. The number of carboxylic acids is 1. The molecule has 2 fully saturated rings. The second kappa shape index (κ2) is 10.0. The summed E-state index contributed by atoms with van der Waals surface area (Å²) in [5.41, 5.74) is 1.66. The average molecular weight is 478 g/mol. The number of rotatable bonds is 7. The number of aromatic nitrogens is 1. The molecule has 2 aliphatic rings. The molecule has 9 heteroatoms. The van der Waals surface area contributed by atoms with Crippen LogP contribution in [0.2, 0.25) is 5.02 Å². The van der Waals surface area contributed by atoms with E-state index in [1.165, 1.54) is 13.3 Å². The maximum absolute atomic E-state index is 15.0. The van der Waals surface area contributed by atoms with Crippen molar-refractivity contribution in [3.63, 3.8) is 0 Å². The molecule has 1 N–H and O–H groups in total. The van der Waals surface area contributed by atoms with Gasteiger partial charge in [0.15, 0.2) is 6.17 Å². The molecule has 1 aromatic heterocycles. The predicted molar refractivity (Wildman–Crippen MR) is 126 cm³/mol. The van der Waals surface area contributed by atoms with Gasteiger partial charge >= 0.3 is 5.97 Å². The largest absolute Gasteiger partial charge is 0.487 e. The fourth-order valence-electron chi connectivity index (χ4n) is 4.75. The van der Waals surface area contributed by atoms with Crippen LogP contribution in [0, 0.1) is 5.92 Å². The molecular weight excluding hydrogens is 449 g/mol. The van der Waals surface area contributed by atoms with Gasteiger partial charge in [0.2, 0.25) is 5.88 Å². The van der Waals surface area contributed by atoms with Gasteiger partial charge < -0.3 is 24.4 Å². The quantitative estimate of drug-likeness (QED) is 0.632. The van der Waals surface area contributed by atoms with E-state index in [1.54, 1.807) is 6.07 Å². The van der Waals surface area contributed by atoms with Crippen molar-refractivity contribution in [3.8, 4) is 11.6 Å². The zero-order valence-electron chi connectivity index (χ0n) is 18.8. The van der Waals surface area contributed by atoms with Gasteiger partial charge in [0.05, 0.1) is 37.0 Å². The topological polar surface area (TPSA) is 75.1 Å². The number of benzene rings is 1. The summed E-state index contributed by atoms with van der Waals surface area (Å²) in [4.78, 5) is 19.3. The van der Waals surface area contributed by atoms with Crippen LogP contribution in [0.15, 0.2) is 36.5 Å². The fraction of sp³-hybridized carbons (Fsp3) is 0.500. The summed E-state index contributed by atoms with van der Waals surface area (Å²) in [5, 5.41) is 9.66. The van der Waals surface area contributed by atoms with E-state index < -0.39 is 18.2 Å². The first kappa shape index (κ1) is 23.4. The molecule has 3 heterocycles. The van der Waals surface area contributed by atoms with Crippen molar-refractivity contribution in [3.05, 3.63) is 41.6 Å². The maximum atomic E-state index is 15.0. The molecule has 0 amide bonds. The minimum atomic E-state index is -1.19. The number of nitrogens with zero attached hydrogens (tertiary/aromatic N) is 3. The van der Waals surface area contributed by atoms with Crippen LogP contribution in [0.5, 0.6) is 11.6 Å². The molecule has 0 aliphatic carbocycles. The Kier molecular flexibility index (Phi) is 7.12. The molecule has 0 saturated carbocycles. The molecule has 2 saturated heterocycles. The summed E-state index contributed by atoms with van der Waals surface area (Å²) < 4.78 is 26.1. The van der Waals surface area contributed by atoms with Crippen LogP contribution < -0.4 is 19.3 Å². The highest BCUT2D eigenvalue weighted by Crippen LogP contribution is 2.34. The number of ether oxygens (including phenoxy) is 2. The van der Waals surface area contributed by atoms with Crippen LogP contribution in [0.3, 0.4) is 0 Å². The lowest BCUT2D eigenvalue weighted by molar-refractivity contribution is -0.137. The first-order chi connectivity index (χ1) is 15.8. The Morgan fingerprint density at radius 1 is 1.30 bits per heavy atom. The number of methoxy groups -OCH3 is 1. The monoisotopic (exact) mass is 477 g/mol. The minimum absolute atomic E-state index is 0.0116. The van der Waals surface area contributed by atoms with Gasteiger partial charge in [0.25, 0.3) is 0 Å². The summed E-state index contributed by atoms with van der Waals surface area (Å²) >= 11 is 6.27. The number of carbonyl (C=O) groups is 1. The third kappa shape index (κ3) is 5.43. The smallest absolute Gasteiger partial charge is 0.305 e. The van der Waals surface area contributed by atoms with Gasteiger partial charge in [0, 0.05) is 37.3 Å². The number of hydrogen-bond acceptors (Lipinski definition) is 6.